The van der Waals surface area contributed by atoms with E-state index in [2.05, 4.69) is 6.58 Å². The van der Waals surface area contributed by atoms with Crippen molar-refractivity contribution < 1.29 is 5.11 Å². The molecular formula is C14H18O. The van der Waals surface area contributed by atoms with Gasteiger partial charge in [-0.3, -0.25) is 0 Å². The van der Waals surface area contributed by atoms with Gasteiger partial charge in [-0.15, -0.1) is 6.58 Å². The first-order chi connectivity index (χ1) is 7.09. The number of hydrogen-bond acceptors (Lipinski definition) is 1. The zero-order valence-corrected chi connectivity index (χ0v) is 9.40. The normalized spacial score (nSPS) is 13.7. The fourth-order valence-corrected chi connectivity index (χ4v) is 1.40. The zero-order chi connectivity index (χ0) is 11.3. The summed E-state index contributed by atoms with van der Waals surface area (Å²) < 4.78 is 0. The zero-order valence-electron chi connectivity index (χ0n) is 9.40. The molecular weight excluding hydrogens is 184 g/mol. The molecule has 0 spiro atoms. The summed E-state index contributed by atoms with van der Waals surface area (Å²) in [5.74, 6) is 0. The highest BCUT2D eigenvalue weighted by Gasteiger charge is 2.05. The van der Waals surface area contributed by atoms with Crippen LogP contribution >= 0.6 is 0 Å². The molecule has 1 nitrogen and oxygen atoms in total. The maximum atomic E-state index is 9.82. The lowest BCUT2D eigenvalue weighted by Gasteiger charge is -2.10. The molecule has 0 fully saturated rings. The van der Waals surface area contributed by atoms with Crippen molar-refractivity contribution in [1.29, 1.82) is 0 Å². The number of benzene rings is 1. The molecule has 1 heteroatoms. The molecule has 0 unspecified atom stereocenters. The van der Waals surface area contributed by atoms with Gasteiger partial charge in [-0.2, -0.15) is 0 Å². The van der Waals surface area contributed by atoms with Crippen molar-refractivity contribution in [3.63, 3.8) is 0 Å². The van der Waals surface area contributed by atoms with Gasteiger partial charge in [0.1, 0.15) is 0 Å². The fourth-order valence-electron chi connectivity index (χ4n) is 1.40. The van der Waals surface area contributed by atoms with E-state index in [9.17, 15) is 5.11 Å². The molecule has 1 rings (SSSR count). The molecule has 1 aromatic carbocycles. The summed E-state index contributed by atoms with van der Waals surface area (Å²) >= 11 is 0. The minimum Gasteiger partial charge on any atom is -0.388 e. The molecule has 0 amide bonds. The van der Waals surface area contributed by atoms with Crippen molar-refractivity contribution in [3.8, 4) is 0 Å². The van der Waals surface area contributed by atoms with Crippen LogP contribution in [0.3, 0.4) is 0 Å². The molecule has 0 radical (unpaired) electrons. The number of aliphatic hydroxyl groups is 1. The predicted molar refractivity (Wildman–Crippen MR) is 65.5 cm³/mol. The van der Waals surface area contributed by atoms with Crippen LogP contribution in [-0.4, -0.2) is 11.2 Å². The fraction of sp³-hybridized carbons (Fsp3) is 0.286. The summed E-state index contributed by atoms with van der Waals surface area (Å²) in [5.41, 5.74) is 3.10. The van der Waals surface area contributed by atoms with Crippen LogP contribution < -0.4 is 0 Å². The highest BCUT2D eigenvalue weighted by atomic mass is 16.3. The molecule has 0 aliphatic heterocycles. The minimum absolute atomic E-state index is 0.414. The average molecular weight is 202 g/mol. The second kappa shape index (κ2) is 5.52. The summed E-state index contributed by atoms with van der Waals surface area (Å²) in [6.45, 7) is 7.67. The van der Waals surface area contributed by atoms with E-state index in [1.54, 1.807) is 0 Å². The van der Waals surface area contributed by atoms with Crippen LogP contribution in [0, 0.1) is 0 Å². The van der Waals surface area contributed by atoms with Crippen LogP contribution in [-0.2, 0) is 0 Å². The minimum atomic E-state index is -0.414. The largest absolute Gasteiger partial charge is 0.388 e. The smallest absolute Gasteiger partial charge is 0.0787 e. The Kier molecular flexibility index (Phi) is 4.32. The lowest BCUT2D eigenvalue weighted by molar-refractivity contribution is 0.212. The van der Waals surface area contributed by atoms with E-state index < -0.39 is 6.10 Å². The first-order valence-corrected chi connectivity index (χ1v) is 5.15. The molecule has 0 heterocycles. The van der Waals surface area contributed by atoms with Gasteiger partial charge in [0, 0.05) is 0 Å². The Bertz CT molecular complexity index is 349. The molecule has 0 bridgehead atoms. The maximum Gasteiger partial charge on any atom is 0.0787 e. The van der Waals surface area contributed by atoms with Gasteiger partial charge in [0.25, 0.3) is 0 Å². The van der Waals surface area contributed by atoms with E-state index in [0.29, 0.717) is 6.42 Å². The molecule has 0 aromatic heterocycles. The highest BCUT2D eigenvalue weighted by Crippen LogP contribution is 2.14. The molecule has 1 N–H and O–H groups in total. The van der Waals surface area contributed by atoms with Crippen LogP contribution in [0.5, 0.6) is 0 Å². The molecule has 80 valence electrons. The van der Waals surface area contributed by atoms with Crippen molar-refractivity contribution in [3.05, 3.63) is 53.6 Å². The Hall–Kier alpha value is -1.34. The second-order valence-corrected chi connectivity index (χ2v) is 3.98. The first-order valence-electron chi connectivity index (χ1n) is 5.15. The summed E-state index contributed by atoms with van der Waals surface area (Å²) in [6.07, 6.45) is 2.23. The van der Waals surface area contributed by atoms with Crippen LogP contribution in [0.1, 0.15) is 25.8 Å². The lowest BCUT2D eigenvalue weighted by atomic mass is 10.0. The number of hydrogen-bond donors (Lipinski definition) is 1. The van der Waals surface area contributed by atoms with Crippen molar-refractivity contribution in [2.24, 2.45) is 0 Å². The summed E-state index contributed by atoms with van der Waals surface area (Å²) in [7, 11) is 0. The Morgan fingerprint density at radius 1 is 1.33 bits per heavy atom. The molecule has 1 aromatic rings. The summed E-state index contributed by atoms with van der Waals surface area (Å²) in [5, 5.41) is 9.82. The maximum absolute atomic E-state index is 9.82. The standard InChI is InChI=1S/C14H18O/c1-11(2)9-14(15)12(3)10-13-7-5-4-6-8-13/h4-8,10,14-15H,1,9H2,2-3H3/b12-10+/t14-/m0/s1. The van der Waals surface area contributed by atoms with Gasteiger partial charge in [-0.05, 0) is 31.4 Å². The van der Waals surface area contributed by atoms with Crippen molar-refractivity contribution in [2.45, 2.75) is 26.4 Å². The van der Waals surface area contributed by atoms with Gasteiger partial charge >= 0.3 is 0 Å². The summed E-state index contributed by atoms with van der Waals surface area (Å²) in [6, 6.07) is 10.0. The van der Waals surface area contributed by atoms with E-state index >= 15 is 0 Å². The highest BCUT2D eigenvalue weighted by molar-refractivity contribution is 5.53. The van der Waals surface area contributed by atoms with Gasteiger partial charge in [-0.1, -0.05) is 42.0 Å². The van der Waals surface area contributed by atoms with Gasteiger partial charge in [0.15, 0.2) is 0 Å². The molecule has 0 saturated carbocycles. The Balaban J connectivity index is 2.71. The van der Waals surface area contributed by atoms with Crippen LogP contribution in [0.25, 0.3) is 6.08 Å². The van der Waals surface area contributed by atoms with Crippen LogP contribution in [0.15, 0.2) is 48.1 Å². The molecule has 0 aliphatic carbocycles. The quantitative estimate of drug-likeness (QED) is 0.742. The SMILES string of the molecule is C=C(C)C[C@H](O)/C(C)=C/c1ccccc1. The summed E-state index contributed by atoms with van der Waals surface area (Å²) in [4.78, 5) is 0. The van der Waals surface area contributed by atoms with E-state index in [1.165, 1.54) is 0 Å². The monoisotopic (exact) mass is 202 g/mol. The van der Waals surface area contributed by atoms with Crippen molar-refractivity contribution in [2.75, 3.05) is 0 Å². The first kappa shape index (κ1) is 11.7. The predicted octanol–water partition coefficient (Wildman–Crippen LogP) is 3.42. The topological polar surface area (TPSA) is 20.2 Å². The molecule has 1 atom stereocenters. The third-order valence-electron chi connectivity index (χ3n) is 2.26. The van der Waals surface area contributed by atoms with Crippen molar-refractivity contribution in [1.82, 2.24) is 0 Å². The van der Waals surface area contributed by atoms with Gasteiger partial charge in [0.2, 0.25) is 0 Å². The molecule has 0 saturated heterocycles. The van der Waals surface area contributed by atoms with Gasteiger partial charge in [-0.25, -0.2) is 0 Å². The van der Waals surface area contributed by atoms with E-state index in [-0.39, 0.29) is 0 Å². The van der Waals surface area contributed by atoms with Crippen LogP contribution in [0.2, 0.25) is 0 Å². The second-order valence-electron chi connectivity index (χ2n) is 3.98. The van der Waals surface area contributed by atoms with Crippen molar-refractivity contribution >= 4 is 6.08 Å². The Morgan fingerprint density at radius 3 is 2.47 bits per heavy atom. The van der Waals surface area contributed by atoms with E-state index in [0.717, 1.165) is 16.7 Å². The Morgan fingerprint density at radius 2 is 1.93 bits per heavy atom. The number of aliphatic hydroxyl groups excluding tert-OH is 1. The molecule has 15 heavy (non-hydrogen) atoms. The third-order valence-corrected chi connectivity index (χ3v) is 2.26. The average Bonchev–Trinajstić information content (AvgIpc) is 2.18. The lowest BCUT2D eigenvalue weighted by Crippen LogP contribution is -2.07. The van der Waals surface area contributed by atoms with Crippen LogP contribution in [0.4, 0.5) is 0 Å². The molecule has 0 aliphatic rings. The van der Waals surface area contributed by atoms with Gasteiger partial charge < -0.3 is 5.11 Å². The number of rotatable bonds is 4. The third kappa shape index (κ3) is 4.13. The Labute approximate surface area is 91.8 Å². The van der Waals surface area contributed by atoms with E-state index in [1.807, 2.05) is 50.3 Å². The van der Waals surface area contributed by atoms with E-state index in [4.69, 9.17) is 0 Å². The van der Waals surface area contributed by atoms with Gasteiger partial charge in [0.05, 0.1) is 6.10 Å².